The summed E-state index contributed by atoms with van der Waals surface area (Å²) in [7, 11) is -2.91. The summed E-state index contributed by atoms with van der Waals surface area (Å²) in [5.74, 6) is -1.04. The number of carbonyl (C=O) groups is 2. The molecule has 0 aliphatic carbocycles. The number of anilines is 1. The Balaban J connectivity index is 0.000000136. The van der Waals surface area contributed by atoms with Crippen molar-refractivity contribution in [3.05, 3.63) is 40.9 Å². The van der Waals surface area contributed by atoms with Gasteiger partial charge >= 0.3 is 0 Å². The number of amides is 1. The number of fused-ring (bicyclic) bond motifs is 1. The monoisotopic (exact) mass is 252 g/mol. The topological polar surface area (TPSA) is 96.1 Å². The normalized spacial score (nSPS) is 18.6. The lowest BCUT2D eigenvalue weighted by atomic mass is 10.3. The first-order valence-corrected chi connectivity index (χ1v) is 6.23. The maximum absolute atomic E-state index is 10.8. The predicted octanol–water partition coefficient (Wildman–Crippen LogP) is 0.592. The van der Waals surface area contributed by atoms with E-state index in [4.69, 9.17) is 0 Å². The van der Waals surface area contributed by atoms with E-state index in [1.165, 1.54) is 12.2 Å². The van der Waals surface area contributed by atoms with Gasteiger partial charge < -0.3 is 10.3 Å². The molecule has 1 amide bonds. The van der Waals surface area contributed by atoms with E-state index in [1.54, 1.807) is 12.3 Å². The molecule has 0 spiro atoms. The van der Waals surface area contributed by atoms with Crippen molar-refractivity contribution in [2.75, 3.05) is 5.32 Å². The largest absolute Gasteiger partial charge is 0.357 e. The molecule has 0 bridgehead atoms. The molecule has 0 saturated carbocycles. The first-order chi connectivity index (χ1) is 7.99. The molecule has 2 N–H and O–H groups in total. The maximum Gasteiger partial charge on any atom is 0.298 e. The predicted molar refractivity (Wildman–Crippen MR) is 61.0 cm³/mol. The van der Waals surface area contributed by atoms with Gasteiger partial charge in [-0.1, -0.05) is 0 Å². The van der Waals surface area contributed by atoms with Crippen LogP contribution in [0.2, 0.25) is 0 Å². The number of aromatic nitrogens is 1. The van der Waals surface area contributed by atoms with Gasteiger partial charge in [0.15, 0.2) is 9.84 Å². The molecule has 0 fully saturated rings. The van der Waals surface area contributed by atoms with Gasteiger partial charge in [0, 0.05) is 17.0 Å². The highest BCUT2D eigenvalue weighted by molar-refractivity contribution is 7.97. The van der Waals surface area contributed by atoms with E-state index in [-0.39, 0.29) is 0 Å². The van der Waals surface area contributed by atoms with E-state index in [9.17, 15) is 18.0 Å². The summed E-state index contributed by atoms with van der Waals surface area (Å²) < 4.78 is 20.5. The average Bonchev–Trinajstić information content (AvgIpc) is 2.91. The molecule has 0 aromatic carbocycles. The van der Waals surface area contributed by atoms with Gasteiger partial charge in [-0.05, 0) is 18.2 Å². The van der Waals surface area contributed by atoms with Crippen LogP contribution in [0.5, 0.6) is 0 Å². The first-order valence-electron chi connectivity index (χ1n) is 4.62. The molecule has 17 heavy (non-hydrogen) atoms. The van der Waals surface area contributed by atoms with Gasteiger partial charge in [0.05, 0.1) is 5.69 Å². The van der Waals surface area contributed by atoms with Gasteiger partial charge in [0.1, 0.15) is 5.69 Å². The molecule has 6 nitrogen and oxygen atoms in total. The third kappa shape index (κ3) is 2.34. The fraction of sp³-hybridized carbons (Fsp3) is 0. The molecule has 3 rings (SSSR count). The number of hydrogen-bond acceptors (Lipinski definition) is 4. The number of ketones is 1. The summed E-state index contributed by atoms with van der Waals surface area (Å²) in [5, 5.41) is 4.73. The molecular formula is C10H8N2O4S. The number of sulfone groups is 1. The van der Waals surface area contributed by atoms with E-state index in [2.05, 4.69) is 10.3 Å². The fourth-order valence-electron chi connectivity index (χ4n) is 1.31. The zero-order valence-electron chi connectivity index (χ0n) is 8.51. The summed E-state index contributed by atoms with van der Waals surface area (Å²) >= 11 is 0. The van der Waals surface area contributed by atoms with Gasteiger partial charge in [0.25, 0.3) is 11.7 Å². The molecule has 0 unspecified atom stereocenters. The van der Waals surface area contributed by atoms with Crippen LogP contribution in [0.25, 0.3) is 0 Å². The van der Waals surface area contributed by atoms with Crippen LogP contribution >= 0.6 is 0 Å². The zero-order valence-corrected chi connectivity index (χ0v) is 9.32. The summed E-state index contributed by atoms with van der Waals surface area (Å²) in [6.07, 6.45) is 4.60. The molecule has 0 saturated heterocycles. The minimum Gasteiger partial charge on any atom is -0.357 e. The molecule has 3 heterocycles. The third-order valence-corrected chi connectivity index (χ3v) is 3.15. The first kappa shape index (κ1) is 11.3. The standard InChI is InChI=1S/C6H4N2O2.C4H4O2S/c9-5-4-3(1-2-7-4)8-6(5)10;5-7(6)3-1-2-4-7/h1-2,7H,(H,8,9,10);1-4H. The maximum atomic E-state index is 10.8. The van der Waals surface area contributed by atoms with Gasteiger partial charge in [0.2, 0.25) is 0 Å². The van der Waals surface area contributed by atoms with Crippen LogP contribution in [0.3, 0.4) is 0 Å². The van der Waals surface area contributed by atoms with Crippen molar-refractivity contribution in [2.24, 2.45) is 0 Å². The smallest absolute Gasteiger partial charge is 0.298 e. The Kier molecular flexibility index (Phi) is 2.68. The van der Waals surface area contributed by atoms with E-state index in [0.29, 0.717) is 11.4 Å². The molecule has 2 aliphatic rings. The van der Waals surface area contributed by atoms with E-state index in [1.807, 2.05) is 0 Å². The fourth-order valence-corrected chi connectivity index (χ4v) is 2.02. The number of H-pyrrole nitrogens is 1. The minimum absolute atomic E-state index is 0.366. The molecule has 0 radical (unpaired) electrons. The second-order valence-electron chi connectivity index (χ2n) is 3.30. The van der Waals surface area contributed by atoms with Crippen LogP contribution in [0, 0.1) is 0 Å². The number of aromatic amines is 1. The van der Waals surface area contributed by atoms with Crippen LogP contribution in [-0.4, -0.2) is 25.1 Å². The molecule has 2 aliphatic heterocycles. The number of rotatable bonds is 0. The van der Waals surface area contributed by atoms with Gasteiger partial charge in [-0.2, -0.15) is 0 Å². The molecular weight excluding hydrogens is 244 g/mol. The van der Waals surface area contributed by atoms with Gasteiger partial charge in [-0.15, -0.1) is 0 Å². The molecule has 1 aromatic heterocycles. The molecule has 88 valence electrons. The minimum atomic E-state index is -2.91. The molecule has 7 heteroatoms. The quantitative estimate of drug-likeness (QED) is 0.660. The number of hydrogen-bond donors (Lipinski definition) is 2. The second-order valence-corrected chi connectivity index (χ2v) is 5.02. The van der Waals surface area contributed by atoms with Crippen LogP contribution in [-0.2, 0) is 14.6 Å². The van der Waals surface area contributed by atoms with Crippen molar-refractivity contribution in [3.63, 3.8) is 0 Å². The summed E-state index contributed by atoms with van der Waals surface area (Å²) in [5.41, 5.74) is 0.944. The van der Waals surface area contributed by atoms with Crippen molar-refractivity contribution in [2.45, 2.75) is 0 Å². The zero-order chi connectivity index (χ0) is 12.5. The van der Waals surface area contributed by atoms with Crippen molar-refractivity contribution < 1.29 is 18.0 Å². The number of allylic oxidation sites excluding steroid dienone is 2. The lowest BCUT2D eigenvalue weighted by molar-refractivity contribution is -0.112. The van der Waals surface area contributed by atoms with Gasteiger partial charge in [-0.25, -0.2) is 8.42 Å². The van der Waals surface area contributed by atoms with E-state index >= 15 is 0 Å². The number of carbonyl (C=O) groups excluding carboxylic acids is 2. The second kappa shape index (κ2) is 4.02. The summed E-state index contributed by atoms with van der Waals surface area (Å²) in [6.45, 7) is 0. The average molecular weight is 252 g/mol. The van der Waals surface area contributed by atoms with Crippen molar-refractivity contribution in [1.29, 1.82) is 0 Å². The Hall–Kier alpha value is -2.15. The molecule has 1 aromatic rings. The Morgan fingerprint density at radius 3 is 2.18 bits per heavy atom. The Bertz CT molecular complexity index is 619. The summed E-state index contributed by atoms with van der Waals surface area (Å²) in [4.78, 5) is 24.1. The number of nitrogens with one attached hydrogen (secondary N) is 2. The number of Topliss-reactive ketones (excluding diaryl/α,β-unsaturated/α-hetero) is 1. The van der Waals surface area contributed by atoms with Crippen LogP contribution in [0.4, 0.5) is 5.69 Å². The SMILES string of the molecule is O=C1Nc2cc[nH]c2C1=O.O=S1(=O)C=CC=C1. The van der Waals surface area contributed by atoms with Gasteiger partial charge in [-0.3, -0.25) is 9.59 Å². The van der Waals surface area contributed by atoms with Crippen LogP contribution in [0.1, 0.15) is 10.5 Å². The Morgan fingerprint density at radius 2 is 1.71 bits per heavy atom. The lowest BCUT2D eigenvalue weighted by Gasteiger charge is -1.83. The van der Waals surface area contributed by atoms with E-state index in [0.717, 1.165) is 10.8 Å². The Labute approximate surface area is 96.9 Å². The van der Waals surface area contributed by atoms with Crippen molar-refractivity contribution in [3.8, 4) is 0 Å². The highest BCUT2D eigenvalue weighted by atomic mass is 32.2. The Morgan fingerprint density at radius 1 is 1.06 bits per heavy atom. The van der Waals surface area contributed by atoms with Crippen LogP contribution < -0.4 is 5.32 Å². The van der Waals surface area contributed by atoms with Crippen molar-refractivity contribution >= 4 is 27.2 Å². The lowest BCUT2D eigenvalue weighted by Crippen LogP contribution is -2.13. The highest BCUT2D eigenvalue weighted by Crippen LogP contribution is 2.19. The van der Waals surface area contributed by atoms with Crippen LogP contribution in [0.15, 0.2) is 35.2 Å². The molecule has 0 atom stereocenters. The summed E-state index contributed by atoms with van der Waals surface area (Å²) in [6, 6.07) is 1.65. The highest BCUT2D eigenvalue weighted by Gasteiger charge is 2.28. The van der Waals surface area contributed by atoms with E-state index < -0.39 is 21.5 Å². The third-order valence-electron chi connectivity index (χ3n) is 2.08. The van der Waals surface area contributed by atoms with Crippen molar-refractivity contribution in [1.82, 2.24) is 4.98 Å².